The number of thiazole rings is 1. The van der Waals surface area contributed by atoms with Gasteiger partial charge < -0.3 is 15.4 Å². The van der Waals surface area contributed by atoms with E-state index in [0.29, 0.717) is 5.41 Å². The Bertz CT molecular complexity index is 503. The molecule has 6 heteroatoms. The van der Waals surface area contributed by atoms with Crippen LogP contribution in [0.15, 0.2) is 4.99 Å². The maximum absolute atomic E-state index is 5.49. The molecule has 130 valence electrons. The molecule has 0 saturated heterocycles. The Morgan fingerprint density at radius 3 is 2.70 bits per heavy atom. The third-order valence-electron chi connectivity index (χ3n) is 4.50. The van der Waals surface area contributed by atoms with E-state index in [1.165, 1.54) is 22.7 Å². The Labute approximate surface area is 144 Å². The van der Waals surface area contributed by atoms with E-state index in [2.05, 4.69) is 41.4 Å². The fourth-order valence-electron chi connectivity index (χ4n) is 2.55. The average molecular weight is 339 g/mol. The summed E-state index contributed by atoms with van der Waals surface area (Å²) < 4.78 is 5.49. The van der Waals surface area contributed by atoms with E-state index >= 15 is 0 Å². The second-order valence-corrected chi connectivity index (χ2v) is 7.59. The van der Waals surface area contributed by atoms with Crippen molar-refractivity contribution in [1.29, 1.82) is 0 Å². The highest BCUT2D eigenvalue weighted by Crippen LogP contribution is 2.48. The van der Waals surface area contributed by atoms with Crippen LogP contribution < -0.4 is 10.6 Å². The Kier molecular flexibility index (Phi) is 6.84. The maximum Gasteiger partial charge on any atom is 0.191 e. The van der Waals surface area contributed by atoms with E-state index in [4.69, 9.17) is 4.74 Å². The smallest absolute Gasteiger partial charge is 0.191 e. The number of ether oxygens (including phenoxy) is 1. The highest BCUT2D eigenvalue weighted by Gasteiger charge is 2.41. The number of rotatable bonds is 9. The van der Waals surface area contributed by atoms with E-state index in [1.807, 2.05) is 7.05 Å². The van der Waals surface area contributed by atoms with Gasteiger partial charge in [0.25, 0.3) is 0 Å². The van der Waals surface area contributed by atoms with Crippen LogP contribution in [0.3, 0.4) is 0 Å². The van der Waals surface area contributed by atoms with Crippen LogP contribution in [0.4, 0.5) is 0 Å². The van der Waals surface area contributed by atoms with Crippen LogP contribution in [0.2, 0.25) is 0 Å². The second kappa shape index (κ2) is 8.64. The third-order valence-corrected chi connectivity index (χ3v) is 5.63. The summed E-state index contributed by atoms with van der Waals surface area (Å²) in [6.07, 6.45) is 4.67. The van der Waals surface area contributed by atoms with Crippen molar-refractivity contribution in [2.75, 3.05) is 33.4 Å². The summed E-state index contributed by atoms with van der Waals surface area (Å²) in [7, 11) is 1.83. The fourth-order valence-corrected chi connectivity index (χ4v) is 3.48. The van der Waals surface area contributed by atoms with Crippen molar-refractivity contribution in [3.8, 4) is 0 Å². The van der Waals surface area contributed by atoms with Gasteiger partial charge in [0.1, 0.15) is 0 Å². The van der Waals surface area contributed by atoms with Gasteiger partial charge in [-0.3, -0.25) is 4.99 Å². The SMILES string of the molecule is CCOCCC1(CNC(=NC)NCCc2nc(C)c(C)s2)CC1. The van der Waals surface area contributed by atoms with Gasteiger partial charge in [0.05, 0.1) is 10.7 Å². The van der Waals surface area contributed by atoms with Gasteiger partial charge in [0.2, 0.25) is 0 Å². The molecule has 23 heavy (non-hydrogen) atoms. The molecule has 0 radical (unpaired) electrons. The molecule has 1 aliphatic carbocycles. The van der Waals surface area contributed by atoms with Crippen molar-refractivity contribution in [2.45, 2.75) is 46.5 Å². The first-order valence-corrected chi connectivity index (χ1v) is 9.35. The molecule has 0 unspecified atom stereocenters. The van der Waals surface area contributed by atoms with Gasteiger partial charge in [-0.2, -0.15) is 0 Å². The predicted octanol–water partition coefficient (Wildman–Crippen LogP) is 2.67. The number of aliphatic imine (C=N–C) groups is 1. The number of nitrogens with zero attached hydrogens (tertiary/aromatic N) is 2. The topological polar surface area (TPSA) is 58.5 Å². The number of hydrogen-bond acceptors (Lipinski definition) is 4. The standard InChI is InChI=1S/C17H30N4OS/c1-5-22-11-9-17(7-8-17)12-20-16(18-4)19-10-6-15-21-13(2)14(3)23-15/h5-12H2,1-4H3,(H2,18,19,20). The molecule has 0 amide bonds. The molecule has 0 spiro atoms. The van der Waals surface area contributed by atoms with Crippen LogP contribution in [0.1, 0.15) is 41.8 Å². The van der Waals surface area contributed by atoms with Gasteiger partial charge in [0, 0.05) is 44.6 Å². The van der Waals surface area contributed by atoms with Crippen molar-refractivity contribution < 1.29 is 4.74 Å². The Morgan fingerprint density at radius 2 is 2.13 bits per heavy atom. The number of guanidine groups is 1. The molecule has 0 bridgehead atoms. The third kappa shape index (κ3) is 5.77. The number of hydrogen-bond donors (Lipinski definition) is 2. The van der Waals surface area contributed by atoms with Crippen LogP contribution >= 0.6 is 11.3 Å². The molecular formula is C17H30N4OS. The normalized spacial score (nSPS) is 16.4. The quantitative estimate of drug-likeness (QED) is 0.413. The summed E-state index contributed by atoms with van der Waals surface area (Å²) in [5.74, 6) is 0.887. The molecule has 1 aromatic heterocycles. The zero-order chi connectivity index (χ0) is 16.7. The molecule has 0 aromatic carbocycles. The van der Waals surface area contributed by atoms with E-state index in [9.17, 15) is 0 Å². The van der Waals surface area contributed by atoms with Crippen LogP contribution in [-0.2, 0) is 11.2 Å². The van der Waals surface area contributed by atoms with Crippen LogP contribution in [0.25, 0.3) is 0 Å². The summed E-state index contributed by atoms with van der Waals surface area (Å²) >= 11 is 1.79. The van der Waals surface area contributed by atoms with Gasteiger partial charge in [-0.25, -0.2) is 4.98 Å². The maximum atomic E-state index is 5.49. The van der Waals surface area contributed by atoms with E-state index in [-0.39, 0.29) is 0 Å². The molecule has 5 nitrogen and oxygen atoms in total. The monoisotopic (exact) mass is 338 g/mol. The van der Waals surface area contributed by atoms with E-state index in [1.54, 1.807) is 11.3 Å². The Hall–Kier alpha value is -1.14. The molecule has 1 heterocycles. The minimum absolute atomic E-state index is 0.427. The first kappa shape index (κ1) is 18.2. The van der Waals surface area contributed by atoms with Crippen LogP contribution in [0, 0.1) is 19.3 Å². The Morgan fingerprint density at radius 1 is 1.35 bits per heavy atom. The van der Waals surface area contributed by atoms with Crippen molar-refractivity contribution in [3.05, 3.63) is 15.6 Å². The van der Waals surface area contributed by atoms with Crippen molar-refractivity contribution in [1.82, 2.24) is 15.6 Å². The molecule has 2 N–H and O–H groups in total. The lowest BCUT2D eigenvalue weighted by molar-refractivity contribution is 0.128. The zero-order valence-electron chi connectivity index (χ0n) is 14.9. The lowest BCUT2D eigenvalue weighted by atomic mass is 10.0. The predicted molar refractivity (Wildman–Crippen MR) is 97.4 cm³/mol. The Balaban J connectivity index is 1.67. The highest BCUT2D eigenvalue weighted by atomic mass is 32.1. The molecule has 1 aliphatic rings. The summed E-state index contributed by atoms with van der Waals surface area (Å²) in [5.41, 5.74) is 1.58. The number of nitrogens with one attached hydrogen (secondary N) is 2. The molecule has 2 rings (SSSR count). The molecule has 1 saturated carbocycles. The number of aromatic nitrogens is 1. The minimum Gasteiger partial charge on any atom is -0.382 e. The molecule has 0 atom stereocenters. The second-order valence-electron chi connectivity index (χ2n) is 6.30. The van der Waals surface area contributed by atoms with Crippen molar-refractivity contribution in [3.63, 3.8) is 0 Å². The van der Waals surface area contributed by atoms with Gasteiger partial charge in [-0.05, 0) is 45.4 Å². The first-order chi connectivity index (χ1) is 11.1. The number of aryl methyl sites for hydroxylation is 2. The molecule has 0 aliphatic heterocycles. The van der Waals surface area contributed by atoms with Crippen molar-refractivity contribution in [2.24, 2.45) is 10.4 Å². The minimum atomic E-state index is 0.427. The summed E-state index contributed by atoms with van der Waals surface area (Å²) in [5, 5.41) is 8.05. The molecule has 1 fully saturated rings. The average Bonchev–Trinajstić information content (AvgIpc) is 3.23. The van der Waals surface area contributed by atoms with Crippen LogP contribution in [-0.4, -0.2) is 44.3 Å². The van der Waals surface area contributed by atoms with Gasteiger partial charge in [-0.1, -0.05) is 0 Å². The van der Waals surface area contributed by atoms with Gasteiger partial charge in [0.15, 0.2) is 5.96 Å². The van der Waals surface area contributed by atoms with Gasteiger partial charge in [-0.15, -0.1) is 11.3 Å². The van der Waals surface area contributed by atoms with Crippen LogP contribution in [0.5, 0.6) is 0 Å². The largest absolute Gasteiger partial charge is 0.382 e. The van der Waals surface area contributed by atoms with E-state index < -0.39 is 0 Å². The van der Waals surface area contributed by atoms with Gasteiger partial charge >= 0.3 is 0 Å². The van der Waals surface area contributed by atoms with E-state index in [0.717, 1.165) is 50.8 Å². The lowest BCUT2D eigenvalue weighted by Gasteiger charge is -2.18. The van der Waals surface area contributed by atoms with Crippen molar-refractivity contribution >= 4 is 17.3 Å². The summed E-state index contributed by atoms with van der Waals surface area (Å²) in [4.78, 5) is 10.2. The highest BCUT2D eigenvalue weighted by molar-refractivity contribution is 7.11. The zero-order valence-corrected chi connectivity index (χ0v) is 15.7. The fraction of sp³-hybridized carbons (Fsp3) is 0.765. The molecular weight excluding hydrogens is 308 g/mol. The summed E-state index contributed by atoms with van der Waals surface area (Å²) in [6, 6.07) is 0. The summed E-state index contributed by atoms with van der Waals surface area (Å²) in [6.45, 7) is 9.76. The lowest BCUT2D eigenvalue weighted by Crippen LogP contribution is -2.41. The molecule has 1 aromatic rings. The first-order valence-electron chi connectivity index (χ1n) is 8.54.